The van der Waals surface area contributed by atoms with E-state index in [9.17, 15) is 9.59 Å². The van der Waals surface area contributed by atoms with Crippen LogP contribution >= 0.6 is 35.0 Å². The van der Waals surface area contributed by atoms with Gasteiger partial charge in [-0.25, -0.2) is 0 Å². The van der Waals surface area contributed by atoms with Crippen molar-refractivity contribution in [2.45, 2.75) is 31.6 Å². The molecule has 0 aliphatic rings. The van der Waals surface area contributed by atoms with Gasteiger partial charge in [-0.1, -0.05) is 35.0 Å². The van der Waals surface area contributed by atoms with Gasteiger partial charge in [0.25, 0.3) is 5.91 Å². The standard InChI is InChI=1S/C22H23Cl2N5O3S/c1-4-29-20(13(2)25-21(31)14-5-7-18(32-3)8-6-14)27-28-22(29)33-12-19(30)26-17-10-15(23)9-16(24)11-17/h5-11,13H,4,12H2,1-3H3,(H,25,31)(H,26,30)/t13-/m0/s1. The SMILES string of the molecule is CCn1c(SCC(=O)Nc2cc(Cl)cc(Cl)c2)nnc1[C@H](C)NC(=O)c1ccc(OC)cc1. The van der Waals surface area contributed by atoms with Crippen molar-refractivity contribution in [3.8, 4) is 5.75 Å². The van der Waals surface area contributed by atoms with E-state index in [1.54, 1.807) is 49.6 Å². The van der Waals surface area contributed by atoms with Gasteiger partial charge in [0, 0.05) is 27.8 Å². The Kier molecular flexibility index (Phi) is 8.60. The predicted molar refractivity (Wildman–Crippen MR) is 130 cm³/mol. The molecule has 0 fully saturated rings. The molecule has 0 unspecified atom stereocenters. The normalized spacial score (nSPS) is 11.7. The van der Waals surface area contributed by atoms with Crippen molar-refractivity contribution in [1.29, 1.82) is 0 Å². The molecule has 0 saturated carbocycles. The second kappa shape index (κ2) is 11.4. The van der Waals surface area contributed by atoms with Crippen LogP contribution in [-0.4, -0.2) is 39.4 Å². The molecule has 8 nitrogen and oxygen atoms in total. The first kappa shape index (κ1) is 24.9. The Bertz CT molecular complexity index is 1120. The van der Waals surface area contributed by atoms with Crippen LogP contribution in [0.15, 0.2) is 47.6 Å². The zero-order chi connectivity index (χ0) is 24.0. The molecule has 33 heavy (non-hydrogen) atoms. The highest BCUT2D eigenvalue weighted by molar-refractivity contribution is 7.99. The smallest absolute Gasteiger partial charge is 0.251 e. The first-order valence-corrected chi connectivity index (χ1v) is 11.8. The minimum atomic E-state index is -0.385. The fourth-order valence-corrected chi connectivity index (χ4v) is 4.40. The van der Waals surface area contributed by atoms with Crippen LogP contribution in [0, 0.1) is 0 Å². The molecule has 0 bridgehead atoms. The van der Waals surface area contributed by atoms with Gasteiger partial charge in [0.05, 0.1) is 18.9 Å². The van der Waals surface area contributed by atoms with Crippen LogP contribution in [0.5, 0.6) is 5.75 Å². The monoisotopic (exact) mass is 507 g/mol. The summed E-state index contributed by atoms with van der Waals surface area (Å²) in [5.41, 5.74) is 1.03. The number of halogens is 2. The fourth-order valence-electron chi connectivity index (χ4n) is 3.06. The van der Waals surface area contributed by atoms with Crippen molar-refractivity contribution in [2.24, 2.45) is 0 Å². The van der Waals surface area contributed by atoms with Gasteiger partial charge in [0.1, 0.15) is 5.75 Å². The minimum Gasteiger partial charge on any atom is -0.497 e. The molecule has 0 spiro atoms. The molecular formula is C22H23Cl2N5O3S. The van der Waals surface area contributed by atoms with E-state index >= 15 is 0 Å². The molecule has 2 aromatic carbocycles. The second-order valence-electron chi connectivity index (χ2n) is 7.00. The molecule has 1 aromatic heterocycles. The van der Waals surface area contributed by atoms with E-state index in [2.05, 4.69) is 20.8 Å². The quantitative estimate of drug-likeness (QED) is 0.402. The van der Waals surface area contributed by atoms with E-state index in [1.807, 2.05) is 18.4 Å². The lowest BCUT2D eigenvalue weighted by Gasteiger charge is -2.15. The third-order valence-corrected chi connectivity index (χ3v) is 6.03. The Labute approximate surface area is 206 Å². The number of benzene rings is 2. The van der Waals surface area contributed by atoms with Gasteiger partial charge in [-0.2, -0.15) is 0 Å². The minimum absolute atomic E-state index is 0.120. The fraction of sp³-hybridized carbons (Fsp3) is 0.273. The number of amides is 2. The molecule has 2 N–H and O–H groups in total. The summed E-state index contributed by atoms with van der Waals surface area (Å²) < 4.78 is 6.99. The molecule has 3 aromatic rings. The van der Waals surface area contributed by atoms with Crippen LogP contribution in [0.25, 0.3) is 0 Å². The van der Waals surface area contributed by atoms with Crippen LogP contribution < -0.4 is 15.4 Å². The summed E-state index contributed by atoms with van der Waals surface area (Å²) in [6.45, 7) is 4.36. The molecule has 11 heteroatoms. The molecule has 1 heterocycles. The molecule has 3 rings (SSSR count). The number of ether oxygens (including phenoxy) is 1. The number of carbonyl (C=O) groups excluding carboxylic acids is 2. The number of hydrogen-bond acceptors (Lipinski definition) is 6. The molecule has 0 aliphatic heterocycles. The van der Waals surface area contributed by atoms with E-state index in [0.29, 0.717) is 44.6 Å². The summed E-state index contributed by atoms with van der Waals surface area (Å²) in [6, 6.07) is 11.3. The van der Waals surface area contributed by atoms with Gasteiger partial charge in [0.2, 0.25) is 5.91 Å². The number of nitrogens with one attached hydrogen (secondary N) is 2. The summed E-state index contributed by atoms with van der Waals surface area (Å²) >= 11 is 13.2. The third kappa shape index (κ3) is 6.63. The molecule has 2 amide bonds. The molecule has 1 atom stereocenters. The van der Waals surface area contributed by atoms with Gasteiger partial charge in [-0.05, 0) is 56.3 Å². The topological polar surface area (TPSA) is 98.1 Å². The highest BCUT2D eigenvalue weighted by atomic mass is 35.5. The highest BCUT2D eigenvalue weighted by Gasteiger charge is 2.20. The lowest BCUT2D eigenvalue weighted by atomic mass is 10.2. The second-order valence-corrected chi connectivity index (χ2v) is 8.82. The Morgan fingerprint density at radius 1 is 1.12 bits per heavy atom. The Morgan fingerprint density at radius 3 is 2.39 bits per heavy atom. The average molecular weight is 508 g/mol. The first-order valence-electron chi connectivity index (χ1n) is 10.1. The van der Waals surface area contributed by atoms with E-state index in [-0.39, 0.29) is 23.6 Å². The third-order valence-electron chi connectivity index (χ3n) is 4.63. The van der Waals surface area contributed by atoms with Crippen molar-refractivity contribution in [3.63, 3.8) is 0 Å². The van der Waals surface area contributed by atoms with Gasteiger partial charge in [-0.3, -0.25) is 9.59 Å². The largest absolute Gasteiger partial charge is 0.497 e. The van der Waals surface area contributed by atoms with E-state index in [0.717, 1.165) is 0 Å². The maximum Gasteiger partial charge on any atom is 0.251 e. The van der Waals surface area contributed by atoms with Crippen LogP contribution in [0.3, 0.4) is 0 Å². The zero-order valence-corrected chi connectivity index (χ0v) is 20.6. The van der Waals surface area contributed by atoms with Crippen LogP contribution in [-0.2, 0) is 11.3 Å². The summed E-state index contributed by atoms with van der Waals surface area (Å²) in [5, 5.41) is 15.6. The summed E-state index contributed by atoms with van der Waals surface area (Å²) in [4.78, 5) is 24.9. The van der Waals surface area contributed by atoms with Crippen LogP contribution in [0.4, 0.5) is 5.69 Å². The van der Waals surface area contributed by atoms with Gasteiger partial charge in [0.15, 0.2) is 11.0 Å². The molecule has 0 aliphatic carbocycles. The summed E-state index contributed by atoms with van der Waals surface area (Å²) in [5.74, 6) is 0.934. The van der Waals surface area contributed by atoms with Gasteiger partial charge >= 0.3 is 0 Å². The molecule has 0 saturated heterocycles. The van der Waals surface area contributed by atoms with Crippen LogP contribution in [0.2, 0.25) is 10.0 Å². The van der Waals surface area contributed by atoms with E-state index < -0.39 is 0 Å². The van der Waals surface area contributed by atoms with Crippen molar-refractivity contribution < 1.29 is 14.3 Å². The van der Waals surface area contributed by atoms with E-state index in [1.165, 1.54) is 11.8 Å². The number of nitrogens with zero attached hydrogens (tertiary/aromatic N) is 3. The van der Waals surface area contributed by atoms with Crippen LogP contribution in [0.1, 0.15) is 36.1 Å². The van der Waals surface area contributed by atoms with E-state index in [4.69, 9.17) is 27.9 Å². The molecule has 0 radical (unpaired) electrons. The number of rotatable bonds is 9. The number of carbonyl (C=O) groups is 2. The number of aromatic nitrogens is 3. The van der Waals surface area contributed by atoms with Crippen molar-refractivity contribution in [3.05, 3.63) is 63.9 Å². The van der Waals surface area contributed by atoms with Crippen molar-refractivity contribution >= 4 is 52.5 Å². The van der Waals surface area contributed by atoms with Crippen molar-refractivity contribution in [2.75, 3.05) is 18.2 Å². The Morgan fingerprint density at radius 2 is 1.79 bits per heavy atom. The average Bonchev–Trinajstić information content (AvgIpc) is 3.20. The first-order chi connectivity index (χ1) is 15.8. The zero-order valence-electron chi connectivity index (χ0n) is 18.3. The number of thioether (sulfide) groups is 1. The number of anilines is 1. The maximum absolute atomic E-state index is 12.6. The lowest BCUT2D eigenvalue weighted by Crippen LogP contribution is -2.28. The highest BCUT2D eigenvalue weighted by Crippen LogP contribution is 2.24. The summed E-state index contributed by atoms with van der Waals surface area (Å²) in [7, 11) is 1.57. The lowest BCUT2D eigenvalue weighted by molar-refractivity contribution is -0.113. The predicted octanol–water partition coefficient (Wildman–Crippen LogP) is 4.84. The molecular weight excluding hydrogens is 485 g/mol. The number of methoxy groups -OCH3 is 1. The van der Waals surface area contributed by atoms with Gasteiger partial charge in [-0.15, -0.1) is 10.2 Å². The van der Waals surface area contributed by atoms with Crippen molar-refractivity contribution in [1.82, 2.24) is 20.1 Å². The molecule has 174 valence electrons. The number of hydrogen-bond donors (Lipinski definition) is 2. The maximum atomic E-state index is 12.6. The van der Waals surface area contributed by atoms with Gasteiger partial charge < -0.3 is 19.9 Å². The Hall–Kier alpha value is -2.75. The summed E-state index contributed by atoms with van der Waals surface area (Å²) in [6.07, 6.45) is 0. The Balaban J connectivity index is 1.62.